The second kappa shape index (κ2) is 9.33. The van der Waals surface area contributed by atoms with E-state index in [9.17, 15) is 9.90 Å². The lowest BCUT2D eigenvalue weighted by Crippen LogP contribution is -2.42. The van der Waals surface area contributed by atoms with Crippen LogP contribution in [0.25, 0.3) is 22.0 Å². The van der Waals surface area contributed by atoms with Gasteiger partial charge in [-0.1, -0.05) is 42.2 Å². The fourth-order valence-electron chi connectivity index (χ4n) is 4.31. The van der Waals surface area contributed by atoms with Crippen LogP contribution in [0.3, 0.4) is 0 Å². The monoisotopic (exact) mass is 435 g/mol. The van der Waals surface area contributed by atoms with Gasteiger partial charge in [0.2, 0.25) is 0 Å². The van der Waals surface area contributed by atoms with Crippen LogP contribution < -0.4 is 5.32 Å². The summed E-state index contributed by atoms with van der Waals surface area (Å²) in [5.41, 5.74) is 5.57. The lowest BCUT2D eigenvalue weighted by molar-refractivity contribution is 0.0697. The number of benzene rings is 3. The van der Waals surface area contributed by atoms with Gasteiger partial charge >= 0.3 is 5.97 Å². The van der Waals surface area contributed by atoms with Crippen LogP contribution in [0.4, 0.5) is 0 Å². The highest BCUT2D eigenvalue weighted by molar-refractivity contribution is 5.99. The van der Waals surface area contributed by atoms with E-state index in [1.165, 1.54) is 5.56 Å². The van der Waals surface area contributed by atoms with Gasteiger partial charge in [0.05, 0.1) is 5.56 Å². The van der Waals surface area contributed by atoms with Crippen molar-refractivity contribution in [1.29, 1.82) is 0 Å². The zero-order valence-electron chi connectivity index (χ0n) is 18.3. The fraction of sp³-hybridized carbons (Fsp3) is 0.179. The number of aromatic nitrogens is 1. The van der Waals surface area contributed by atoms with E-state index in [1.54, 1.807) is 12.1 Å². The van der Waals surface area contributed by atoms with E-state index >= 15 is 0 Å². The van der Waals surface area contributed by atoms with Crippen molar-refractivity contribution in [2.24, 2.45) is 0 Å². The van der Waals surface area contributed by atoms with Gasteiger partial charge in [0.15, 0.2) is 0 Å². The standard InChI is InChI=1S/C28H25N3O2/c32-28(33)25-3-1-2-23(27(25)24-11-10-22-12-13-30-26(22)18-24)9-8-20-4-6-21(7-5-20)19-31-16-14-29-15-17-31/h1-7,10-13,18,29-30H,14-17,19H2,(H,32,33). The zero-order valence-corrected chi connectivity index (χ0v) is 18.3. The summed E-state index contributed by atoms with van der Waals surface area (Å²) in [4.78, 5) is 17.6. The van der Waals surface area contributed by atoms with Crippen molar-refractivity contribution in [3.05, 3.63) is 95.2 Å². The number of rotatable bonds is 4. The highest BCUT2D eigenvalue weighted by Crippen LogP contribution is 2.30. The molecule has 33 heavy (non-hydrogen) atoms. The first-order valence-electron chi connectivity index (χ1n) is 11.2. The van der Waals surface area contributed by atoms with Gasteiger partial charge in [-0.2, -0.15) is 0 Å². The molecule has 3 N–H and O–H groups in total. The molecule has 1 saturated heterocycles. The highest BCUT2D eigenvalue weighted by Gasteiger charge is 2.15. The van der Waals surface area contributed by atoms with Gasteiger partial charge in [-0.15, -0.1) is 0 Å². The van der Waals surface area contributed by atoms with Crippen molar-refractivity contribution in [3.8, 4) is 23.0 Å². The molecule has 0 amide bonds. The maximum absolute atomic E-state index is 12.0. The number of carboxylic acid groups (broad SMARTS) is 1. The van der Waals surface area contributed by atoms with Crippen molar-refractivity contribution < 1.29 is 9.90 Å². The third-order valence-corrected chi connectivity index (χ3v) is 6.05. The van der Waals surface area contributed by atoms with Gasteiger partial charge in [-0.25, -0.2) is 4.79 Å². The number of fused-ring (bicyclic) bond motifs is 1. The second-order valence-corrected chi connectivity index (χ2v) is 8.29. The van der Waals surface area contributed by atoms with Crippen molar-refractivity contribution in [2.75, 3.05) is 26.2 Å². The van der Waals surface area contributed by atoms with E-state index in [-0.39, 0.29) is 5.56 Å². The Morgan fingerprint density at radius 2 is 1.79 bits per heavy atom. The first-order valence-corrected chi connectivity index (χ1v) is 11.2. The van der Waals surface area contributed by atoms with Gasteiger partial charge in [0, 0.05) is 61.1 Å². The van der Waals surface area contributed by atoms with Gasteiger partial charge in [0.1, 0.15) is 0 Å². The molecule has 0 unspecified atom stereocenters. The third-order valence-electron chi connectivity index (χ3n) is 6.05. The molecule has 0 saturated carbocycles. The average molecular weight is 436 g/mol. The van der Waals surface area contributed by atoms with E-state index in [1.807, 2.05) is 48.7 Å². The van der Waals surface area contributed by atoms with Gasteiger partial charge in [-0.05, 0) is 52.9 Å². The predicted octanol–water partition coefficient (Wildman–Crippen LogP) is 4.34. The molecular weight excluding hydrogens is 410 g/mol. The van der Waals surface area contributed by atoms with Gasteiger partial charge < -0.3 is 15.4 Å². The number of nitrogens with zero attached hydrogens (tertiary/aromatic N) is 1. The molecular formula is C28H25N3O2. The van der Waals surface area contributed by atoms with E-state index < -0.39 is 5.97 Å². The van der Waals surface area contributed by atoms with E-state index in [0.29, 0.717) is 11.1 Å². The summed E-state index contributed by atoms with van der Waals surface area (Å²) in [5, 5.41) is 14.3. The minimum Gasteiger partial charge on any atom is -0.478 e. The Hall–Kier alpha value is -3.85. The SMILES string of the molecule is O=C(O)c1cccc(C#Cc2ccc(CN3CCNCC3)cc2)c1-c1ccc2cc[nH]c2c1. The molecule has 0 bridgehead atoms. The largest absolute Gasteiger partial charge is 0.478 e. The zero-order chi connectivity index (χ0) is 22.6. The number of aromatic carboxylic acids is 1. The van der Waals surface area contributed by atoms with Crippen molar-refractivity contribution in [2.45, 2.75) is 6.54 Å². The minimum atomic E-state index is -0.961. The number of hydrogen-bond acceptors (Lipinski definition) is 3. The molecule has 1 fully saturated rings. The molecule has 5 nitrogen and oxygen atoms in total. The molecule has 4 aromatic rings. The number of hydrogen-bond donors (Lipinski definition) is 3. The summed E-state index contributed by atoms with van der Waals surface area (Å²) < 4.78 is 0. The molecule has 0 radical (unpaired) electrons. The number of carboxylic acids is 1. The van der Waals surface area contributed by atoms with E-state index in [2.05, 4.69) is 39.2 Å². The smallest absolute Gasteiger partial charge is 0.336 e. The molecule has 0 aliphatic carbocycles. The molecule has 164 valence electrons. The van der Waals surface area contributed by atoms with Gasteiger partial charge in [0.25, 0.3) is 0 Å². The quantitative estimate of drug-likeness (QED) is 0.417. The highest BCUT2D eigenvalue weighted by atomic mass is 16.4. The summed E-state index contributed by atoms with van der Waals surface area (Å²) in [7, 11) is 0. The van der Waals surface area contributed by atoms with Crippen LogP contribution in [0, 0.1) is 11.8 Å². The molecule has 3 aromatic carbocycles. The molecule has 5 rings (SSSR count). The summed E-state index contributed by atoms with van der Waals surface area (Å²) in [6, 6.07) is 21.5. The topological polar surface area (TPSA) is 68.4 Å². The number of H-pyrrole nitrogens is 1. The van der Waals surface area contributed by atoms with Crippen LogP contribution in [-0.2, 0) is 6.54 Å². The van der Waals surface area contributed by atoms with Crippen LogP contribution in [0.5, 0.6) is 0 Å². The summed E-state index contributed by atoms with van der Waals surface area (Å²) in [6.45, 7) is 5.16. The number of piperazine rings is 1. The lowest BCUT2D eigenvalue weighted by atomic mass is 9.93. The average Bonchev–Trinajstić information content (AvgIpc) is 3.32. The Morgan fingerprint density at radius 1 is 0.970 bits per heavy atom. The molecule has 1 aromatic heterocycles. The van der Waals surface area contributed by atoms with Gasteiger partial charge in [-0.3, -0.25) is 4.90 Å². The minimum absolute atomic E-state index is 0.249. The molecule has 2 heterocycles. The van der Waals surface area contributed by atoms with Crippen LogP contribution in [0.1, 0.15) is 27.0 Å². The Balaban J connectivity index is 1.45. The Bertz CT molecular complexity index is 1350. The van der Waals surface area contributed by atoms with E-state index in [0.717, 1.165) is 54.8 Å². The Labute approximate surface area is 193 Å². The van der Waals surface area contributed by atoms with E-state index in [4.69, 9.17) is 0 Å². The first-order chi connectivity index (χ1) is 16.2. The number of nitrogens with one attached hydrogen (secondary N) is 2. The van der Waals surface area contributed by atoms with Crippen molar-refractivity contribution in [3.63, 3.8) is 0 Å². The van der Waals surface area contributed by atoms with Crippen molar-refractivity contribution >= 4 is 16.9 Å². The third kappa shape index (κ3) is 4.68. The Morgan fingerprint density at radius 3 is 2.58 bits per heavy atom. The molecule has 1 aliphatic rings. The summed E-state index contributed by atoms with van der Waals surface area (Å²) >= 11 is 0. The lowest BCUT2D eigenvalue weighted by Gasteiger charge is -2.27. The maximum atomic E-state index is 12.0. The molecule has 0 spiro atoms. The molecule has 0 atom stereocenters. The fourth-order valence-corrected chi connectivity index (χ4v) is 4.31. The molecule has 1 aliphatic heterocycles. The summed E-state index contributed by atoms with van der Waals surface area (Å²) in [5.74, 6) is 5.49. The van der Waals surface area contributed by atoms with Crippen LogP contribution in [0.15, 0.2) is 72.9 Å². The number of aromatic amines is 1. The normalized spacial score (nSPS) is 14.1. The second-order valence-electron chi connectivity index (χ2n) is 8.29. The summed E-state index contributed by atoms with van der Waals surface area (Å²) in [6.07, 6.45) is 1.88. The van der Waals surface area contributed by atoms with Crippen LogP contribution >= 0.6 is 0 Å². The van der Waals surface area contributed by atoms with Crippen LogP contribution in [-0.4, -0.2) is 47.1 Å². The number of carbonyl (C=O) groups is 1. The molecule has 5 heteroatoms. The predicted molar refractivity (Wildman–Crippen MR) is 131 cm³/mol. The maximum Gasteiger partial charge on any atom is 0.336 e. The van der Waals surface area contributed by atoms with Crippen molar-refractivity contribution in [1.82, 2.24) is 15.2 Å². The Kier molecular flexibility index (Phi) is 5.95. The van der Waals surface area contributed by atoms with Crippen LogP contribution in [0.2, 0.25) is 0 Å². The first kappa shape index (κ1) is 21.0.